The molecule has 0 amide bonds. The smallest absolute Gasteiger partial charge is 0.303 e. The van der Waals surface area contributed by atoms with Crippen LogP contribution in [-0.2, 0) is 10.5 Å². The van der Waals surface area contributed by atoms with Gasteiger partial charge in [0.25, 0.3) is 0 Å². The highest BCUT2D eigenvalue weighted by molar-refractivity contribution is 5.68. The molecule has 2 aromatic carbocycles. The van der Waals surface area contributed by atoms with Crippen molar-refractivity contribution in [2.45, 2.75) is 56.5 Å². The number of halogens is 2. The molecule has 0 bridgehead atoms. The number of methoxy groups -OCH3 is 1. The fourth-order valence-corrected chi connectivity index (χ4v) is 4.84. The minimum Gasteiger partial charge on any atom is -0.497 e. The summed E-state index contributed by atoms with van der Waals surface area (Å²) in [4.78, 5) is 11.3. The van der Waals surface area contributed by atoms with Gasteiger partial charge in [0.2, 0.25) is 0 Å². The van der Waals surface area contributed by atoms with Gasteiger partial charge in [-0.15, -0.1) is 0 Å². The normalized spacial score (nSPS) is 24.0. The third-order valence-corrected chi connectivity index (χ3v) is 6.91. The van der Waals surface area contributed by atoms with Crippen molar-refractivity contribution < 1.29 is 28.2 Å². The van der Waals surface area contributed by atoms with Crippen LogP contribution in [0.1, 0.15) is 62.0 Å². The van der Waals surface area contributed by atoms with Crippen molar-refractivity contribution >= 4 is 5.97 Å². The molecule has 4 nitrogen and oxygen atoms in total. The van der Waals surface area contributed by atoms with Gasteiger partial charge in [-0.25, -0.2) is 8.78 Å². The molecule has 2 saturated carbocycles. The zero-order chi connectivity index (χ0) is 22.7. The predicted molar refractivity (Wildman–Crippen MR) is 117 cm³/mol. The van der Waals surface area contributed by atoms with Crippen LogP contribution in [0.15, 0.2) is 42.5 Å². The molecule has 0 heterocycles. The summed E-state index contributed by atoms with van der Waals surface area (Å²) in [6.07, 6.45) is 3.98. The second-order valence-electron chi connectivity index (χ2n) is 9.18. The summed E-state index contributed by atoms with van der Waals surface area (Å²) < 4.78 is 41.0. The molecule has 2 aliphatic carbocycles. The lowest BCUT2D eigenvalue weighted by Gasteiger charge is -2.34. The third-order valence-electron chi connectivity index (χ3n) is 6.91. The van der Waals surface area contributed by atoms with E-state index in [4.69, 9.17) is 9.47 Å². The van der Waals surface area contributed by atoms with Crippen molar-refractivity contribution in [2.75, 3.05) is 13.7 Å². The van der Waals surface area contributed by atoms with Gasteiger partial charge in [0.05, 0.1) is 20.1 Å². The van der Waals surface area contributed by atoms with Crippen molar-refractivity contribution in [1.29, 1.82) is 0 Å². The first kappa shape index (κ1) is 22.6. The number of carboxylic acid groups (broad SMARTS) is 1. The quantitative estimate of drug-likeness (QED) is 0.498. The van der Waals surface area contributed by atoms with Gasteiger partial charge in [-0.3, -0.25) is 4.79 Å². The van der Waals surface area contributed by atoms with E-state index < -0.39 is 17.5 Å². The number of alkyl halides is 1. The molecular formula is C26H30F2O4. The van der Waals surface area contributed by atoms with Crippen LogP contribution < -0.4 is 9.47 Å². The van der Waals surface area contributed by atoms with E-state index in [-0.39, 0.29) is 36.7 Å². The summed E-state index contributed by atoms with van der Waals surface area (Å²) in [5.41, 5.74) is -0.607. The van der Waals surface area contributed by atoms with Crippen molar-refractivity contribution in [3.8, 4) is 11.5 Å². The van der Waals surface area contributed by atoms with Gasteiger partial charge in [-0.1, -0.05) is 12.1 Å². The Morgan fingerprint density at radius 1 is 1.12 bits per heavy atom. The van der Waals surface area contributed by atoms with Gasteiger partial charge in [0, 0.05) is 5.56 Å². The van der Waals surface area contributed by atoms with Crippen molar-refractivity contribution in [3.63, 3.8) is 0 Å². The van der Waals surface area contributed by atoms with E-state index in [0.29, 0.717) is 31.1 Å². The summed E-state index contributed by atoms with van der Waals surface area (Å²) in [6.45, 7) is 0.465. The molecule has 2 aliphatic rings. The molecule has 2 aromatic rings. The lowest BCUT2D eigenvalue weighted by atomic mass is 9.76. The minimum absolute atomic E-state index is 0.0237. The van der Waals surface area contributed by atoms with Crippen LogP contribution in [0, 0.1) is 17.7 Å². The lowest BCUT2D eigenvalue weighted by molar-refractivity contribution is -0.137. The molecule has 172 valence electrons. The first-order valence-electron chi connectivity index (χ1n) is 11.4. The molecule has 32 heavy (non-hydrogen) atoms. The average Bonchev–Trinajstić information content (AvgIpc) is 3.63. The number of carboxylic acids is 1. The maximum Gasteiger partial charge on any atom is 0.303 e. The molecule has 0 saturated heterocycles. The SMILES string of the molecule is COc1ccc(F)c([C@]2(F)CC[C@H](COc3cccc([C@@H](CC(=O)O)C4CC4)c3)CC2)c1. The summed E-state index contributed by atoms with van der Waals surface area (Å²) >= 11 is 0. The molecule has 0 spiro atoms. The lowest BCUT2D eigenvalue weighted by Crippen LogP contribution is -2.30. The van der Waals surface area contributed by atoms with Crippen molar-refractivity contribution in [3.05, 3.63) is 59.4 Å². The van der Waals surface area contributed by atoms with E-state index in [2.05, 4.69) is 0 Å². The molecule has 1 atom stereocenters. The number of ether oxygens (including phenoxy) is 2. The van der Waals surface area contributed by atoms with E-state index in [0.717, 1.165) is 24.2 Å². The Balaban J connectivity index is 1.35. The number of benzene rings is 2. The van der Waals surface area contributed by atoms with Crippen LogP contribution >= 0.6 is 0 Å². The number of carbonyl (C=O) groups is 1. The van der Waals surface area contributed by atoms with Crippen LogP contribution in [0.2, 0.25) is 0 Å². The summed E-state index contributed by atoms with van der Waals surface area (Å²) in [5.74, 6) is 0.508. The second-order valence-corrected chi connectivity index (χ2v) is 9.18. The Hall–Kier alpha value is -2.63. The molecule has 0 aliphatic heterocycles. The zero-order valence-electron chi connectivity index (χ0n) is 18.4. The van der Waals surface area contributed by atoms with Gasteiger partial charge in [-0.05, 0) is 92.2 Å². The number of aliphatic carboxylic acids is 1. The molecule has 2 fully saturated rings. The van der Waals surface area contributed by atoms with E-state index >= 15 is 4.39 Å². The average molecular weight is 445 g/mol. The maximum absolute atomic E-state index is 15.6. The second kappa shape index (κ2) is 9.47. The minimum atomic E-state index is -1.69. The van der Waals surface area contributed by atoms with Gasteiger partial charge < -0.3 is 14.6 Å². The van der Waals surface area contributed by atoms with E-state index in [1.807, 2.05) is 24.3 Å². The van der Waals surface area contributed by atoms with Crippen LogP contribution in [0.3, 0.4) is 0 Å². The molecule has 0 aromatic heterocycles. The Labute approximate surface area is 187 Å². The molecule has 1 N–H and O–H groups in total. The fourth-order valence-electron chi connectivity index (χ4n) is 4.84. The zero-order valence-corrected chi connectivity index (χ0v) is 18.4. The predicted octanol–water partition coefficient (Wildman–Crippen LogP) is 6.24. The van der Waals surface area contributed by atoms with Crippen LogP contribution in [0.25, 0.3) is 0 Å². The Kier molecular flexibility index (Phi) is 6.68. The van der Waals surface area contributed by atoms with Gasteiger partial charge in [0.15, 0.2) is 0 Å². The number of hydrogen-bond donors (Lipinski definition) is 1. The first-order chi connectivity index (χ1) is 15.4. The van der Waals surface area contributed by atoms with Crippen molar-refractivity contribution in [1.82, 2.24) is 0 Å². The fraction of sp³-hybridized carbons (Fsp3) is 0.500. The molecule has 6 heteroatoms. The Morgan fingerprint density at radius 2 is 1.88 bits per heavy atom. The monoisotopic (exact) mass is 444 g/mol. The molecule has 0 unspecified atom stereocenters. The maximum atomic E-state index is 15.6. The topological polar surface area (TPSA) is 55.8 Å². The standard InChI is InChI=1S/C26H30F2O4/c1-31-20-7-8-24(27)23(14-20)26(28)11-9-17(10-12-26)16-32-21-4-2-3-19(13-21)22(15-25(29)30)18-5-6-18/h2-4,7-8,13-14,17-18,22H,5-6,9-12,15-16H2,1H3,(H,29,30)/t17-,22-,26-/m0/s1. The third kappa shape index (κ3) is 5.22. The highest BCUT2D eigenvalue weighted by atomic mass is 19.1. The highest BCUT2D eigenvalue weighted by Gasteiger charge is 2.39. The summed E-state index contributed by atoms with van der Waals surface area (Å²) in [5, 5.41) is 9.24. The van der Waals surface area contributed by atoms with Crippen LogP contribution in [-0.4, -0.2) is 24.8 Å². The van der Waals surface area contributed by atoms with Crippen LogP contribution in [0.4, 0.5) is 8.78 Å². The van der Waals surface area contributed by atoms with E-state index in [1.165, 1.54) is 25.3 Å². The van der Waals surface area contributed by atoms with E-state index in [9.17, 15) is 14.3 Å². The van der Waals surface area contributed by atoms with Gasteiger partial charge in [0.1, 0.15) is 23.0 Å². The molecule has 0 radical (unpaired) electrons. The first-order valence-corrected chi connectivity index (χ1v) is 11.4. The van der Waals surface area contributed by atoms with Crippen LogP contribution in [0.5, 0.6) is 11.5 Å². The van der Waals surface area contributed by atoms with Gasteiger partial charge in [-0.2, -0.15) is 0 Å². The van der Waals surface area contributed by atoms with Crippen molar-refractivity contribution in [2.24, 2.45) is 11.8 Å². The Bertz CT molecular complexity index is 949. The number of hydrogen-bond acceptors (Lipinski definition) is 3. The molecule has 4 rings (SSSR count). The molecular weight excluding hydrogens is 414 g/mol. The van der Waals surface area contributed by atoms with E-state index in [1.54, 1.807) is 0 Å². The summed E-state index contributed by atoms with van der Waals surface area (Å²) in [7, 11) is 1.49. The highest BCUT2D eigenvalue weighted by Crippen LogP contribution is 2.46. The Morgan fingerprint density at radius 3 is 2.53 bits per heavy atom. The summed E-state index contributed by atoms with van der Waals surface area (Å²) in [6, 6.07) is 11.9. The largest absolute Gasteiger partial charge is 0.497 e. The van der Waals surface area contributed by atoms with Gasteiger partial charge >= 0.3 is 5.97 Å². The number of rotatable bonds is 9.